The number of aromatic nitrogens is 1. The number of hydrogen-bond donors (Lipinski definition) is 5. The second kappa shape index (κ2) is 6.80. The minimum Gasteiger partial charge on any atom is -0.361 e. The Morgan fingerprint density at radius 1 is 1.15 bits per heavy atom. The molecule has 114 valence electrons. The average Bonchev–Trinajstić information content (AvgIpc) is 2.32. The Bertz CT molecular complexity index is 501. The van der Waals surface area contributed by atoms with Gasteiger partial charge >= 0.3 is 15.2 Å². The van der Waals surface area contributed by atoms with Crippen molar-refractivity contribution in [2.75, 3.05) is 5.32 Å². The van der Waals surface area contributed by atoms with Crippen LogP contribution in [0.4, 0.5) is 5.69 Å². The van der Waals surface area contributed by atoms with Gasteiger partial charge in [-0.2, -0.15) is 0 Å². The van der Waals surface area contributed by atoms with Gasteiger partial charge < -0.3 is 24.9 Å². The Balaban J connectivity index is 2.85. The van der Waals surface area contributed by atoms with Crippen molar-refractivity contribution < 1.29 is 33.3 Å². The van der Waals surface area contributed by atoms with Crippen LogP contribution < -0.4 is 9.88 Å². The maximum Gasteiger partial charge on any atom is 0.360 e. The van der Waals surface area contributed by atoms with Gasteiger partial charge in [0.05, 0.1) is 0 Å². The third-order valence-electron chi connectivity index (χ3n) is 2.59. The van der Waals surface area contributed by atoms with Gasteiger partial charge in [-0.15, -0.1) is 0 Å². The van der Waals surface area contributed by atoms with Crippen LogP contribution in [0.3, 0.4) is 0 Å². The minimum atomic E-state index is -4.97. The van der Waals surface area contributed by atoms with Gasteiger partial charge in [-0.05, 0) is 0 Å². The molecule has 8 nitrogen and oxygen atoms in total. The van der Waals surface area contributed by atoms with Crippen LogP contribution in [-0.2, 0) is 15.7 Å². The molecule has 0 saturated heterocycles. The molecular formula is C10H19N2O6P2+. The topological polar surface area (TPSA) is 131 Å². The van der Waals surface area contributed by atoms with E-state index in [2.05, 4.69) is 12.2 Å². The number of pyridine rings is 1. The first-order valence-electron chi connectivity index (χ1n) is 6.00. The van der Waals surface area contributed by atoms with Crippen LogP contribution in [0.25, 0.3) is 0 Å². The smallest absolute Gasteiger partial charge is 0.360 e. The molecule has 1 rings (SSSR count). The SMILES string of the molecule is CCCC[n+]1ccc(NC(P(=O)(O)O)P(=O)(O)O)cc1. The van der Waals surface area contributed by atoms with Crippen LogP contribution in [0, 0.1) is 0 Å². The molecule has 0 amide bonds. The zero-order valence-corrected chi connectivity index (χ0v) is 12.7. The van der Waals surface area contributed by atoms with E-state index in [0.717, 1.165) is 19.4 Å². The monoisotopic (exact) mass is 325 g/mol. The standard InChI is InChI=1S/C10H18N2O6P2/c1-2-3-6-12-7-4-9(5-8-12)11-10(19(13,14)15)20(16,17)18/h4-5,7-8,10H,2-3,6H2,1H3,(H4,13,14,15,16,17,18)/p+1. The molecule has 0 unspecified atom stereocenters. The van der Waals surface area contributed by atoms with Crippen molar-refractivity contribution in [1.29, 1.82) is 0 Å². The van der Waals surface area contributed by atoms with E-state index in [-0.39, 0.29) is 5.69 Å². The summed E-state index contributed by atoms with van der Waals surface area (Å²) >= 11 is 0. The highest BCUT2D eigenvalue weighted by atomic mass is 31.2. The molecule has 0 fully saturated rings. The van der Waals surface area contributed by atoms with E-state index in [1.54, 1.807) is 12.4 Å². The largest absolute Gasteiger partial charge is 0.361 e. The van der Waals surface area contributed by atoms with E-state index >= 15 is 0 Å². The fraction of sp³-hybridized carbons (Fsp3) is 0.500. The molecule has 1 heterocycles. The molecule has 10 heteroatoms. The van der Waals surface area contributed by atoms with Gasteiger partial charge in [0.2, 0.25) is 5.52 Å². The quantitative estimate of drug-likeness (QED) is 0.370. The second-order valence-corrected chi connectivity index (χ2v) is 8.17. The number of nitrogens with zero attached hydrogens (tertiary/aromatic N) is 1. The van der Waals surface area contributed by atoms with Crippen LogP contribution >= 0.6 is 15.2 Å². The molecule has 0 aliphatic carbocycles. The molecule has 0 aliphatic heterocycles. The van der Waals surface area contributed by atoms with Gasteiger partial charge in [0.25, 0.3) is 0 Å². The normalized spacial score (nSPS) is 12.7. The average molecular weight is 325 g/mol. The molecule has 5 N–H and O–H groups in total. The molecule has 0 radical (unpaired) electrons. The van der Waals surface area contributed by atoms with Crippen molar-refractivity contribution in [1.82, 2.24) is 0 Å². The summed E-state index contributed by atoms with van der Waals surface area (Å²) in [5, 5.41) is 2.20. The molecule has 1 aromatic rings. The first kappa shape index (κ1) is 17.3. The maximum atomic E-state index is 11.1. The van der Waals surface area contributed by atoms with Crippen LogP contribution in [0.15, 0.2) is 24.5 Å². The minimum absolute atomic E-state index is 0.231. The zero-order chi connectivity index (χ0) is 15.4. The Hall–Kier alpha value is -0.750. The van der Waals surface area contributed by atoms with Crippen molar-refractivity contribution in [3.05, 3.63) is 24.5 Å². The van der Waals surface area contributed by atoms with Gasteiger partial charge in [-0.3, -0.25) is 9.13 Å². The molecule has 0 aromatic carbocycles. The number of anilines is 1. The van der Waals surface area contributed by atoms with E-state index in [1.165, 1.54) is 12.1 Å². The van der Waals surface area contributed by atoms with E-state index < -0.39 is 20.7 Å². The van der Waals surface area contributed by atoms with E-state index in [1.807, 2.05) is 4.57 Å². The Kier molecular flexibility index (Phi) is 5.89. The first-order chi connectivity index (χ1) is 9.14. The van der Waals surface area contributed by atoms with Crippen LogP contribution in [0.2, 0.25) is 0 Å². The predicted molar refractivity (Wildman–Crippen MR) is 73.0 cm³/mol. The molecule has 0 saturated carbocycles. The van der Waals surface area contributed by atoms with E-state index in [0.29, 0.717) is 0 Å². The lowest BCUT2D eigenvalue weighted by atomic mass is 10.3. The molecule has 1 aromatic heterocycles. The molecule has 20 heavy (non-hydrogen) atoms. The van der Waals surface area contributed by atoms with Crippen LogP contribution in [-0.4, -0.2) is 25.1 Å². The van der Waals surface area contributed by atoms with Gasteiger partial charge in [-0.1, -0.05) is 13.3 Å². The van der Waals surface area contributed by atoms with Gasteiger partial charge in [0, 0.05) is 24.2 Å². The molecule has 0 atom stereocenters. The van der Waals surface area contributed by atoms with E-state index in [4.69, 9.17) is 19.6 Å². The number of hydrogen-bond acceptors (Lipinski definition) is 3. The number of nitrogens with one attached hydrogen (secondary N) is 1. The molecule has 0 aliphatic rings. The summed E-state index contributed by atoms with van der Waals surface area (Å²) in [5.74, 6) is 0. The lowest BCUT2D eigenvalue weighted by Crippen LogP contribution is -2.32. The number of aryl methyl sites for hydroxylation is 1. The highest BCUT2D eigenvalue weighted by Gasteiger charge is 2.43. The molecular weight excluding hydrogens is 306 g/mol. The van der Waals surface area contributed by atoms with Crippen molar-refractivity contribution in [2.24, 2.45) is 0 Å². The fourth-order valence-electron chi connectivity index (χ4n) is 1.56. The highest BCUT2D eigenvalue weighted by molar-refractivity contribution is 7.71. The lowest BCUT2D eigenvalue weighted by Gasteiger charge is -2.21. The molecule has 0 spiro atoms. The lowest BCUT2D eigenvalue weighted by molar-refractivity contribution is -0.697. The summed E-state index contributed by atoms with van der Waals surface area (Å²) in [7, 11) is -9.95. The van der Waals surface area contributed by atoms with Crippen LogP contribution in [0.5, 0.6) is 0 Å². The van der Waals surface area contributed by atoms with Crippen molar-refractivity contribution in [2.45, 2.75) is 31.8 Å². The third-order valence-corrected chi connectivity index (χ3v) is 5.93. The highest BCUT2D eigenvalue weighted by Crippen LogP contribution is 2.59. The number of unbranched alkanes of at least 4 members (excludes halogenated alkanes) is 1. The van der Waals surface area contributed by atoms with Crippen molar-refractivity contribution in [3.8, 4) is 0 Å². The zero-order valence-electron chi connectivity index (χ0n) is 11.0. The third kappa shape index (κ3) is 5.32. The maximum absolute atomic E-state index is 11.1. The predicted octanol–water partition coefficient (Wildman–Crippen LogP) is 0.825. The van der Waals surface area contributed by atoms with Crippen molar-refractivity contribution >= 4 is 20.9 Å². The summed E-state index contributed by atoms with van der Waals surface area (Å²) in [6.45, 7) is 2.86. The summed E-state index contributed by atoms with van der Waals surface area (Å²) in [5.41, 5.74) is -2.00. The van der Waals surface area contributed by atoms with Gasteiger partial charge in [0.1, 0.15) is 6.54 Å². The summed E-state index contributed by atoms with van der Waals surface area (Å²) in [4.78, 5) is 36.0. The fourth-order valence-corrected chi connectivity index (χ4v) is 3.76. The summed E-state index contributed by atoms with van der Waals surface area (Å²) in [6.07, 6.45) is 5.37. The number of rotatable bonds is 7. The van der Waals surface area contributed by atoms with Crippen molar-refractivity contribution in [3.63, 3.8) is 0 Å². The first-order valence-corrected chi connectivity index (χ1v) is 9.37. The van der Waals surface area contributed by atoms with Gasteiger partial charge in [0.15, 0.2) is 12.4 Å². The summed E-state index contributed by atoms with van der Waals surface area (Å²) in [6, 6.07) is 3.02. The summed E-state index contributed by atoms with van der Waals surface area (Å²) < 4.78 is 24.1. The Morgan fingerprint density at radius 2 is 1.65 bits per heavy atom. The van der Waals surface area contributed by atoms with Gasteiger partial charge in [-0.25, -0.2) is 4.57 Å². The Labute approximate surface area is 116 Å². The van der Waals surface area contributed by atoms with Crippen LogP contribution in [0.1, 0.15) is 19.8 Å². The molecule has 0 bridgehead atoms. The second-order valence-electron chi connectivity index (χ2n) is 4.37. The van der Waals surface area contributed by atoms with E-state index in [9.17, 15) is 9.13 Å². The Morgan fingerprint density at radius 3 is 2.05 bits per heavy atom.